The van der Waals surface area contributed by atoms with Crippen molar-refractivity contribution in [3.05, 3.63) is 210 Å². The minimum atomic E-state index is -2.09. The van der Waals surface area contributed by atoms with E-state index in [9.17, 15) is 0 Å². The van der Waals surface area contributed by atoms with Gasteiger partial charge < -0.3 is 9.80 Å². The van der Waals surface area contributed by atoms with Gasteiger partial charge >= 0.3 is 0 Å². The minimum Gasteiger partial charge on any atom is -0.311 e. The third kappa shape index (κ3) is 8.51. The Balaban J connectivity index is 0.00000300. The summed E-state index contributed by atoms with van der Waals surface area (Å²) in [5, 5.41) is 0. The molecule has 70 heavy (non-hydrogen) atoms. The summed E-state index contributed by atoms with van der Waals surface area (Å²) >= 11 is 0. The van der Waals surface area contributed by atoms with Crippen molar-refractivity contribution in [1.29, 1.82) is 0 Å². The zero-order valence-corrected chi connectivity index (χ0v) is 45.1. The lowest BCUT2D eigenvalue weighted by Crippen LogP contribution is -2.61. The van der Waals surface area contributed by atoms with Gasteiger partial charge in [0, 0.05) is 53.7 Å². The molecule has 0 radical (unpaired) electrons. The van der Waals surface area contributed by atoms with E-state index in [1.165, 1.54) is 81.0 Å². The third-order valence-electron chi connectivity index (χ3n) is 14.4. The van der Waals surface area contributed by atoms with Crippen LogP contribution in [0.5, 0.6) is 0 Å². The summed E-state index contributed by atoms with van der Waals surface area (Å²) in [7, 11) is -2.09. The first-order valence-corrected chi connectivity index (χ1v) is 27.2. The van der Waals surface area contributed by atoms with Crippen LogP contribution in [-0.4, -0.2) is 6.71 Å². The number of anilines is 6. The number of hydrogen-bond donors (Lipinski definition) is 0. The maximum atomic E-state index is 2.61. The fourth-order valence-corrected chi connectivity index (χ4v) is 14.5. The van der Waals surface area contributed by atoms with E-state index in [2.05, 4.69) is 281 Å². The quantitative estimate of drug-likeness (QED) is 0.153. The van der Waals surface area contributed by atoms with E-state index in [4.69, 9.17) is 0 Å². The Hall–Kier alpha value is -6.23. The lowest BCUT2D eigenvalue weighted by molar-refractivity contribution is 0.590. The Bertz CT molecular complexity index is 2890. The maximum absolute atomic E-state index is 2.61. The highest BCUT2D eigenvalue weighted by atomic mass is 32.3. The molecule has 8 aromatic rings. The molecule has 10 rings (SSSR count). The van der Waals surface area contributed by atoms with Crippen molar-refractivity contribution in [2.45, 2.75) is 138 Å². The molecular formula is C66H73BN2S. The van der Waals surface area contributed by atoms with Crippen LogP contribution in [0.2, 0.25) is 0 Å². The van der Waals surface area contributed by atoms with Crippen LogP contribution in [0.4, 0.5) is 34.1 Å². The van der Waals surface area contributed by atoms with E-state index < -0.39 is 10.0 Å². The molecule has 0 aliphatic carbocycles. The summed E-state index contributed by atoms with van der Waals surface area (Å²) in [6, 6.07) is 72.8. The molecule has 0 amide bonds. The molecule has 2 aliphatic heterocycles. The van der Waals surface area contributed by atoms with Gasteiger partial charge in [-0.2, -0.15) is 0 Å². The van der Waals surface area contributed by atoms with Gasteiger partial charge in [0.15, 0.2) is 0 Å². The fourth-order valence-electron chi connectivity index (χ4n) is 10.6. The summed E-state index contributed by atoms with van der Waals surface area (Å²) in [5.74, 6) is 0. The highest BCUT2D eigenvalue weighted by Crippen LogP contribution is 2.74. The zero-order valence-electron chi connectivity index (χ0n) is 44.3. The van der Waals surface area contributed by atoms with Gasteiger partial charge in [-0.15, -0.1) is 10.0 Å². The molecule has 0 aromatic heterocycles. The molecule has 0 atom stereocenters. The molecule has 0 saturated carbocycles. The Morgan fingerprint density at radius 3 is 0.914 bits per heavy atom. The van der Waals surface area contributed by atoms with Crippen molar-refractivity contribution in [1.82, 2.24) is 0 Å². The third-order valence-corrected chi connectivity index (χ3v) is 18.3. The second-order valence-corrected chi connectivity index (χ2v) is 26.3. The van der Waals surface area contributed by atoms with Gasteiger partial charge in [0.1, 0.15) is 0 Å². The average Bonchev–Trinajstić information content (AvgIpc) is 3.34. The van der Waals surface area contributed by atoms with E-state index in [-0.39, 0.29) is 28.4 Å². The molecule has 0 saturated heterocycles. The smallest absolute Gasteiger partial charge is 0.252 e. The van der Waals surface area contributed by atoms with Gasteiger partial charge in [0.25, 0.3) is 6.71 Å². The Kier molecular flexibility index (Phi) is 12.7. The maximum Gasteiger partial charge on any atom is 0.252 e. The van der Waals surface area contributed by atoms with Crippen LogP contribution < -0.4 is 26.2 Å². The summed E-state index contributed by atoms with van der Waals surface area (Å²) in [5.41, 5.74) is 16.6. The zero-order chi connectivity index (χ0) is 50.0. The van der Waals surface area contributed by atoms with Gasteiger partial charge in [0.2, 0.25) is 0 Å². The highest BCUT2D eigenvalue weighted by molar-refractivity contribution is 8.34. The first-order valence-electron chi connectivity index (χ1n) is 25.5. The van der Waals surface area contributed by atoms with Crippen molar-refractivity contribution in [2.24, 2.45) is 0 Å². The van der Waals surface area contributed by atoms with E-state index in [0.29, 0.717) is 0 Å². The van der Waals surface area contributed by atoms with Crippen LogP contribution in [0.15, 0.2) is 208 Å². The molecule has 0 bridgehead atoms. The number of benzene rings is 8. The van der Waals surface area contributed by atoms with Crippen molar-refractivity contribution in [3.63, 3.8) is 0 Å². The molecule has 2 nitrogen and oxygen atoms in total. The molecule has 2 heterocycles. The van der Waals surface area contributed by atoms with E-state index in [0.717, 1.165) is 11.4 Å². The Morgan fingerprint density at radius 2 is 0.614 bits per heavy atom. The molecule has 4 heteroatoms. The number of fused-ring (bicyclic) bond motifs is 4. The van der Waals surface area contributed by atoms with E-state index in [1.54, 1.807) is 0 Å². The van der Waals surface area contributed by atoms with Crippen molar-refractivity contribution >= 4 is 67.3 Å². The van der Waals surface area contributed by atoms with E-state index in [1.807, 2.05) is 13.8 Å². The predicted molar refractivity (Wildman–Crippen MR) is 307 cm³/mol. The van der Waals surface area contributed by atoms with Gasteiger partial charge in [-0.1, -0.05) is 200 Å². The predicted octanol–water partition coefficient (Wildman–Crippen LogP) is 17.3. The monoisotopic (exact) mass is 937 g/mol. The van der Waals surface area contributed by atoms with Crippen molar-refractivity contribution in [2.75, 3.05) is 9.80 Å². The second kappa shape index (κ2) is 18.2. The normalized spacial score (nSPS) is 13.7. The van der Waals surface area contributed by atoms with Gasteiger partial charge in [-0.25, -0.2) is 0 Å². The van der Waals surface area contributed by atoms with Crippen molar-refractivity contribution in [3.8, 4) is 0 Å². The minimum absolute atomic E-state index is 0.0195. The lowest BCUT2D eigenvalue weighted by Gasteiger charge is -2.48. The molecule has 0 N–H and O–H groups in total. The van der Waals surface area contributed by atoms with Gasteiger partial charge in [-0.05, 0) is 145 Å². The largest absolute Gasteiger partial charge is 0.311 e. The SMILES string of the molecule is CC.CC(C)(C)c1ccc(N2c3ccc(C(C)(C)C)cc3B3c4cc(C(C)(C)C)ccc4N(c4ccc(C(C)(C)C)cc4)c4cc(S(c5ccccc5)(c5ccccc5)c5ccccc5)cc2c43)cc1. The fraction of sp³-hybridized carbons (Fsp3) is 0.273. The molecule has 2 aliphatic rings. The number of rotatable bonds is 6. The molecule has 356 valence electrons. The molecular weight excluding hydrogens is 864 g/mol. The first-order chi connectivity index (χ1) is 33.3. The summed E-state index contributed by atoms with van der Waals surface area (Å²) in [4.78, 5) is 10.4. The highest BCUT2D eigenvalue weighted by Gasteiger charge is 2.46. The summed E-state index contributed by atoms with van der Waals surface area (Å²) < 4.78 is 0. The lowest BCUT2D eigenvalue weighted by atomic mass is 9.33. The molecule has 0 spiro atoms. The second-order valence-electron chi connectivity index (χ2n) is 23.2. The van der Waals surface area contributed by atoms with E-state index >= 15 is 0 Å². The Morgan fingerprint density at radius 1 is 0.314 bits per heavy atom. The standard InChI is InChI=1S/C64H67BN2S.C2H6/c1-61(2,3)44-28-34-48(35-29-44)66-56-38-32-46(63(7,8)9)40-54(56)65-55-41-47(64(10,11)12)33-39-57(55)67(49-36-30-45(31-37-49)62(4,5)6)59-43-53(42-58(66)60(59)65)68(50-22-16-13-17-23-50,51-24-18-14-19-25-51)52-26-20-15-21-27-52;1-2/h13-43H,1-12H3;1-2H3. The van der Waals surface area contributed by atoms with Crippen molar-refractivity contribution < 1.29 is 0 Å². The average molecular weight is 937 g/mol. The van der Waals surface area contributed by atoms with Gasteiger partial charge in [0.05, 0.1) is 0 Å². The van der Waals surface area contributed by atoms with Crippen LogP contribution in [0.3, 0.4) is 0 Å². The van der Waals surface area contributed by atoms with Crippen LogP contribution in [0, 0.1) is 0 Å². The molecule has 0 unspecified atom stereocenters. The summed E-state index contributed by atoms with van der Waals surface area (Å²) in [6.45, 7) is 31.9. The Labute approximate surface area is 423 Å². The first kappa shape index (κ1) is 48.8. The van der Waals surface area contributed by atoms with Gasteiger partial charge in [-0.3, -0.25) is 0 Å². The number of hydrogen-bond acceptors (Lipinski definition) is 2. The number of nitrogens with zero attached hydrogens (tertiary/aromatic N) is 2. The molecule has 8 aromatic carbocycles. The summed E-state index contributed by atoms with van der Waals surface area (Å²) in [6.07, 6.45) is 0. The van der Waals surface area contributed by atoms with Crippen LogP contribution in [0.1, 0.15) is 119 Å². The topological polar surface area (TPSA) is 6.48 Å². The molecule has 0 fully saturated rings. The van der Waals surface area contributed by atoms with Crippen LogP contribution in [-0.2, 0) is 21.7 Å². The van der Waals surface area contributed by atoms with Crippen LogP contribution in [0.25, 0.3) is 0 Å². The van der Waals surface area contributed by atoms with Crippen LogP contribution >= 0.6 is 10.0 Å².